The lowest BCUT2D eigenvalue weighted by Gasteiger charge is -2.25. The fourth-order valence-electron chi connectivity index (χ4n) is 2.73. The zero-order chi connectivity index (χ0) is 17.4. The van der Waals surface area contributed by atoms with Crippen LogP contribution in [0, 0.1) is 0 Å². The van der Waals surface area contributed by atoms with E-state index in [4.69, 9.17) is 23.2 Å². The summed E-state index contributed by atoms with van der Waals surface area (Å²) in [4.78, 5) is 37.5. The summed E-state index contributed by atoms with van der Waals surface area (Å²) in [7, 11) is 0. The number of aliphatic carboxylic acids is 1. The Labute approximate surface area is 147 Å². The van der Waals surface area contributed by atoms with Gasteiger partial charge >= 0.3 is 5.97 Å². The average Bonchev–Trinajstić information content (AvgIpc) is 2.80. The van der Waals surface area contributed by atoms with Crippen LogP contribution in [0.5, 0.6) is 0 Å². The molecule has 1 unspecified atom stereocenters. The topological polar surface area (TPSA) is 74.7 Å². The number of halogens is 2. The van der Waals surface area contributed by atoms with Gasteiger partial charge in [0.05, 0.1) is 33.6 Å². The molecule has 1 aliphatic rings. The van der Waals surface area contributed by atoms with E-state index in [1.54, 1.807) is 30.3 Å². The predicted octanol–water partition coefficient (Wildman–Crippen LogP) is 3.81. The highest BCUT2D eigenvalue weighted by Gasteiger charge is 2.41. The lowest BCUT2D eigenvalue weighted by molar-refractivity contribution is -0.138. The Hall–Kier alpha value is -2.37. The van der Waals surface area contributed by atoms with E-state index < -0.39 is 30.2 Å². The van der Waals surface area contributed by atoms with Gasteiger partial charge in [0.15, 0.2) is 0 Å². The minimum absolute atomic E-state index is 0.223. The van der Waals surface area contributed by atoms with E-state index in [1.165, 1.54) is 12.1 Å². The predicted molar refractivity (Wildman–Crippen MR) is 88.4 cm³/mol. The number of imide groups is 1. The number of nitrogens with zero attached hydrogens (tertiary/aromatic N) is 1. The number of hydrogen-bond acceptors (Lipinski definition) is 3. The molecule has 3 rings (SSSR count). The number of rotatable bonds is 4. The van der Waals surface area contributed by atoms with Gasteiger partial charge < -0.3 is 5.11 Å². The molecule has 0 bridgehead atoms. The van der Waals surface area contributed by atoms with Crippen LogP contribution in [0.2, 0.25) is 10.0 Å². The van der Waals surface area contributed by atoms with Crippen LogP contribution in [0.15, 0.2) is 42.5 Å². The number of hydrogen-bond donors (Lipinski definition) is 1. The van der Waals surface area contributed by atoms with Crippen molar-refractivity contribution in [3.05, 3.63) is 69.2 Å². The van der Waals surface area contributed by atoms with Crippen molar-refractivity contribution in [3.63, 3.8) is 0 Å². The fraction of sp³-hybridized carbons (Fsp3) is 0.118. The Morgan fingerprint density at radius 1 is 1.00 bits per heavy atom. The van der Waals surface area contributed by atoms with Crippen molar-refractivity contribution < 1.29 is 19.5 Å². The van der Waals surface area contributed by atoms with Crippen molar-refractivity contribution in [3.8, 4) is 0 Å². The molecule has 7 heteroatoms. The maximum atomic E-state index is 12.6. The number of carboxylic acids is 1. The maximum Gasteiger partial charge on any atom is 0.305 e. The molecule has 1 atom stereocenters. The van der Waals surface area contributed by atoms with Gasteiger partial charge in [0.1, 0.15) is 0 Å². The van der Waals surface area contributed by atoms with Gasteiger partial charge in [-0.25, -0.2) is 0 Å². The Bertz CT molecular complexity index is 830. The van der Waals surface area contributed by atoms with Gasteiger partial charge in [-0.15, -0.1) is 0 Å². The van der Waals surface area contributed by atoms with Crippen LogP contribution < -0.4 is 0 Å². The van der Waals surface area contributed by atoms with E-state index in [9.17, 15) is 19.5 Å². The van der Waals surface area contributed by atoms with Gasteiger partial charge in [0, 0.05) is 0 Å². The summed E-state index contributed by atoms with van der Waals surface area (Å²) in [5.41, 5.74) is 0.956. The monoisotopic (exact) mass is 363 g/mol. The molecule has 0 saturated carbocycles. The first-order chi connectivity index (χ1) is 11.4. The van der Waals surface area contributed by atoms with Gasteiger partial charge in [-0.1, -0.05) is 41.4 Å². The molecular formula is C17H11Cl2NO4. The molecule has 2 amide bonds. The van der Waals surface area contributed by atoms with Crippen LogP contribution in [-0.4, -0.2) is 27.8 Å². The van der Waals surface area contributed by atoms with Crippen LogP contribution in [0.25, 0.3) is 0 Å². The highest BCUT2D eigenvalue weighted by atomic mass is 35.5. The third kappa shape index (κ3) is 2.77. The second kappa shape index (κ2) is 6.26. The summed E-state index contributed by atoms with van der Waals surface area (Å²) in [6.07, 6.45) is -0.427. The molecule has 0 aromatic heterocycles. The van der Waals surface area contributed by atoms with E-state index in [-0.39, 0.29) is 16.1 Å². The Kier molecular flexibility index (Phi) is 4.30. The SMILES string of the molecule is O=C(O)CC(c1ccc(Cl)c(Cl)c1)N1C(=O)c2ccccc2C1=O. The number of carbonyl (C=O) groups excluding carboxylic acids is 2. The summed E-state index contributed by atoms with van der Waals surface area (Å²) < 4.78 is 0. The minimum atomic E-state index is -1.14. The van der Waals surface area contributed by atoms with Crippen molar-refractivity contribution in [1.29, 1.82) is 0 Å². The van der Waals surface area contributed by atoms with Crippen LogP contribution in [0.1, 0.15) is 38.7 Å². The van der Waals surface area contributed by atoms with Crippen molar-refractivity contribution in [1.82, 2.24) is 4.90 Å². The van der Waals surface area contributed by atoms with Crippen LogP contribution in [0.3, 0.4) is 0 Å². The molecule has 1 N–H and O–H groups in total. The summed E-state index contributed by atoms with van der Waals surface area (Å²) in [6.45, 7) is 0. The van der Waals surface area contributed by atoms with E-state index in [1.807, 2.05) is 0 Å². The summed E-state index contributed by atoms with van der Waals surface area (Å²) in [5.74, 6) is -2.18. The van der Waals surface area contributed by atoms with E-state index in [0.29, 0.717) is 10.6 Å². The summed E-state index contributed by atoms with van der Waals surface area (Å²) >= 11 is 11.9. The lowest BCUT2D eigenvalue weighted by atomic mass is 10.0. The van der Waals surface area contributed by atoms with Crippen LogP contribution >= 0.6 is 23.2 Å². The quantitative estimate of drug-likeness (QED) is 0.838. The fourth-order valence-corrected chi connectivity index (χ4v) is 3.04. The summed E-state index contributed by atoms with van der Waals surface area (Å²) in [5, 5.41) is 9.74. The van der Waals surface area contributed by atoms with Crippen molar-refractivity contribution in [2.75, 3.05) is 0 Å². The van der Waals surface area contributed by atoms with Crippen molar-refractivity contribution in [2.24, 2.45) is 0 Å². The number of amides is 2. The maximum absolute atomic E-state index is 12.6. The number of carbonyl (C=O) groups is 3. The van der Waals surface area contributed by atoms with Gasteiger partial charge in [0.25, 0.3) is 11.8 Å². The zero-order valence-corrected chi connectivity index (χ0v) is 13.7. The molecule has 0 fully saturated rings. The van der Waals surface area contributed by atoms with Crippen LogP contribution in [-0.2, 0) is 4.79 Å². The second-order valence-electron chi connectivity index (χ2n) is 5.31. The molecule has 2 aromatic carbocycles. The minimum Gasteiger partial charge on any atom is -0.481 e. The molecule has 0 saturated heterocycles. The molecule has 0 radical (unpaired) electrons. The molecule has 1 heterocycles. The third-order valence-electron chi connectivity index (χ3n) is 3.83. The molecule has 0 spiro atoms. The first-order valence-electron chi connectivity index (χ1n) is 7.04. The first kappa shape index (κ1) is 16.5. The second-order valence-corrected chi connectivity index (χ2v) is 6.13. The van der Waals surface area contributed by atoms with E-state index >= 15 is 0 Å². The Balaban J connectivity index is 2.07. The molecule has 0 aliphatic carbocycles. The molecule has 5 nitrogen and oxygen atoms in total. The van der Waals surface area contributed by atoms with E-state index in [0.717, 1.165) is 4.90 Å². The number of benzene rings is 2. The zero-order valence-electron chi connectivity index (χ0n) is 12.2. The van der Waals surface area contributed by atoms with Gasteiger partial charge in [-0.3, -0.25) is 19.3 Å². The molecule has 1 aliphatic heterocycles. The molecule has 24 heavy (non-hydrogen) atoms. The Morgan fingerprint density at radius 3 is 2.08 bits per heavy atom. The highest BCUT2D eigenvalue weighted by Crippen LogP contribution is 2.35. The summed E-state index contributed by atoms with van der Waals surface area (Å²) in [6, 6.07) is 9.96. The normalized spacial score (nSPS) is 14.7. The first-order valence-corrected chi connectivity index (χ1v) is 7.79. The average molecular weight is 364 g/mol. The third-order valence-corrected chi connectivity index (χ3v) is 4.57. The number of carboxylic acid groups (broad SMARTS) is 1. The molecule has 122 valence electrons. The Morgan fingerprint density at radius 2 is 1.58 bits per heavy atom. The lowest BCUT2D eigenvalue weighted by Crippen LogP contribution is -2.35. The largest absolute Gasteiger partial charge is 0.481 e. The standard InChI is InChI=1S/C17H11Cl2NO4/c18-12-6-5-9(7-13(12)19)14(8-15(21)22)20-16(23)10-3-1-2-4-11(10)17(20)24/h1-7,14H,8H2,(H,21,22). The smallest absolute Gasteiger partial charge is 0.305 e. The van der Waals surface area contributed by atoms with Gasteiger partial charge in [0.2, 0.25) is 0 Å². The van der Waals surface area contributed by atoms with Gasteiger partial charge in [-0.05, 0) is 29.8 Å². The molecule has 2 aromatic rings. The molecular weight excluding hydrogens is 353 g/mol. The number of fused-ring (bicyclic) bond motifs is 1. The highest BCUT2D eigenvalue weighted by molar-refractivity contribution is 6.42. The van der Waals surface area contributed by atoms with Crippen LogP contribution in [0.4, 0.5) is 0 Å². The van der Waals surface area contributed by atoms with Gasteiger partial charge in [-0.2, -0.15) is 0 Å². The van der Waals surface area contributed by atoms with Crippen molar-refractivity contribution in [2.45, 2.75) is 12.5 Å². The van der Waals surface area contributed by atoms with Crippen molar-refractivity contribution >= 4 is 41.0 Å². The van der Waals surface area contributed by atoms with E-state index in [2.05, 4.69) is 0 Å².